The Labute approximate surface area is 381 Å². The number of hydrogen-bond acceptors (Lipinski definition) is 9. The molecule has 5 heterocycles. The van der Waals surface area contributed by atoms with Crippen LogP contribution in [0.25, 0.3) is 33.4 Å². The molecule has 6 bridgehead atoms. The van der Waals surface area contributed by atoms with Gasteiger partial charge in [0.25, 0.3) is 5.91 Å². The number of pyridine rings is 1. The van der Waals surface area contributed by atoms with Crippen molar-refractivity contribution in [3.05, 3.63) is 58.2 Å². The Kier molecular flexibility index (Phi) is 18.3. The van der Waals surface area contributed by atoms with Crippen molar-refractivity contribution in [2.24, 2.45) is 22.7 Å². The molecule has 58 heavy (non-hydrogen) atoms. The number of amides is 2. The van der Waals surface area contributed by atoms with Gasteiger partial charge >= 0.3 is 5.97 Å². The zero-order valence-electron chi connectivity index (χ0n) is 34.6. The maximum absolute atomic E-state index is 14.2. The molecule has 4 aromatic rings. The van der Waals surface area contributed by atoms with E-state index in [9.17, 15) is 14.4 Å². The van der Waals surface area contributed by atoms with Crippen molar-refractivity contribution < 1.29 is 23.9 Å². The van der Waals surface area contributed by atoms with Crippen LogP contribution in [0, 0.1) is 22.7 Å². The number of rotatable bonds is 6. The molecule has 17 heteroatoms. The van der Waals surface area contributed by atoms with E-state index in [4.69, 9.17) is 19.4 Å². The second-order valence-electron chi connectivity index (χ2n) is 16.4. The number of aryl methyl sites for hydroxylation is 1. The third-order valence-electron chi connectivity index (χ3n) is 11.8. The third kappa shape index (κ3) is 10.0. The van der Waals surface area contributed by atoms with Crippen molar-refractivity contribution in [1.82, 2.24) is 30.3 Å². The summed E-state index contributed by atoms with van der Waals surface area (Å²) in [6.45, 7) is 16.0. The smallest absolute Gasteiger partial charge is 0.324 e. The highest BCUT2D eigenvalue weighted by atomic mass is 32.1. The van der Waals surface area contributed by atoms with Crippen molar-refractivity contribution in [2.75, 3.05) is 20.3 Å². The molecule has 0 unspecified atom stereocenters. The minimum atomic E-state index is -0.844. The van der Waals surface area contributed by atoms with Gasteiger partial charge in [-0.1, -0.05) is 40.7 Å². The lowest BCUT2D eigenvalue weighted by Gasteiger charge is -2.35. The van der Waals surface area contributed by atoms with E-state index in [1.807, 2.05) is 18.4 Å². The summed E-state index contributed by atoms with van der Waals surface area (Å²) in [4.78, 5) is 51.2. The van der Waals surface area contributed by atoms with E-state index in [-0.39, 0.29) is 116 Å². The Morgan fingerprint density at radius 2 is 1.83 bits per heavy atom. The molecule has 322 valence electrons. The van der Waals surface area contributed by atoms with Gasteiger partial charge in [0.05, 0.1) is 34.8 Å². The van der Waals surface area contributed by atoms with E-state index < -0.39 is 23.5 Å². The molecule has 1 aromatic carbocycles. The zero-order valence-corrected chi connectivity index (χ0v) is 40.4. The number of nitrogens with zero attached hydrogens (tertiary/aromatic N) is 4. The summed E-state index contributed by atoms with van der Waals surface area (Å²) in [5.74, 6) is -0.747. The minimum absolute atomic E-state index is 0. The van der Waals surface area contributed by atoms with Gasteiger partial charge in [0, 0.05) is 71.6 Å². The molecule has 1 saturated heterocycles. The average Bonchev–Trinajstić information content (AvgIpc) is 3.44. The number of nitrogens with one attached hydrogen (secondary N) is 2. The fourth-order valence-corrected chi connectivity index (χ4v) is 9.14. The number of methoxy groups -OCH3 is 1. The van der Waals surface area contributed by atoms with Gasteiger partial charge in [0.1, 0.15) is 12.1 Å². The predicted octanol–water partition coefficient (Wildman–Crippen LogP) is 7.06. The van der Waals surface area contributed by atoms with Crippen LogP contribution >= 0.6 is 78.8 Å². The Morgan fingerprint density at radius 3 is 2.48 bits per heavy atom. The van der Waals surface area contributed by atoms with Crippen LogP contribution in [-0.2, 0) is 43.2 Å². The number of benzene rings is 1. The van der Waals surface area contributed by atoms with Crippen molar-refractivity contribution in [1.29, 1.82) is 0 Å². The number of hydrazine groups is 1. The Hall–Kier alpha value is -2.38. The first-order valence-electron chi connectivity index (χ1n) is 18.9. The summed E-state index contributed by atoms with van der Waals surface area (Å²) in [5, 5.41) is 8.46. The largest absolute Gasteiger partial charge is 0.464 e. The van der Waals surface area contributed by atoms with E-state index in [1.54, 1.807) is 13.3 Å². The number of fused-ring (bicyclic) bond motifs is 6. The molecule has 2 fully saturated rings. The first-order chi connectivity index (χ1) is 25.2. The number of cyclic esters (lactones) is 1. The van der Waals surface area contributed by atoms with Crippen molar-refractivity contribution >= 4 is 108 Å². The van der Waals surface area contributed by atoms with Gasteiger partial charge in [-0.3, -0.25) is 24.4 Å². The SMILES string of the molecule is CCn1c(-c2cccnc2[C@H](C)OC)c2c3cc(ccc31)-c1csc(n1)C[C@H](NC(=O)[C@H]1[C@H](C)C1(C)C)C(=O)N1CCC[C@H](N1)C(=O)OCC(C)(C)C2.S.S.S.S.S. The second-order valence-corrected chi connectivity index (χ2v) is 17.3. The molecule has 2 N–H and O–H groups in total. The van der Waals surface area contributed by atoms with Crippen molar-refractivity contribution in [2.45, 2.75) is 98.9 Å². The number of ether oxygens (including phenoxy) is 2. The number of esters is 1. The number of aromatic nitrogens is 3. The van der Waals surface area contributed by atoms with E-state index in [0.717, 1.165) is 56.2 Å². The molecular formula is C41H62N6O5S6. The van der Waals surface area contributed by atoms with E-state index >= 15 is 0 Å². The fourth-order valence-electron chi connectivity index (χ4n) is 8.28. The normalized spacial score (nSPS) is 22.6. The van der Waals surface area contributed by atoms with Crippen LogP contribution in [0.2, 0.25) is 0 Å². The number of thiazole rings is 1. The van der Waals surface area contributed by atoms with Gasteiger partial charge in [-0.25, -0.2) is 10.4 Å². The summed E-state index contributed by atoms with van der Waals surface area (Å²) < 4.78 is 14.2. The topological polar surface area (TPSA) is 128 Å². The minimum Gasteiger partial charge on any atom is -0.464 e. The monoisotopic (exact) mass is 910 g/mol. The van der Waals surface area contributed by atoms with Gasteiger partial charge in [-0.15, -0.1) is 11.3 Å². The first kappa shape index (κ1) is 51.8. The summed E-state index contributed by atoms with van der Waals surface area (Å²) in [6, 6.07) is 9.03. The molecule has 0 spiro atoms. The molecule has 2 aliphatic heterocycles. The Balaban J connectivity index is 0.00000232. The lowest BCUT2D eigenvalue weighted by molar-refractivity contribution is -0.155. The molecule has 2 amide bonds. The maximum Gasteiger partial charge on any atom is 0.324 e. The van der Waals surface area contributed by atoms with Crippen LogP contribution in [0.1, 0.15) is 83.7 Å². The van der Waals surface area contributed by atoms with Gasteiger partial charge in [0.15, 0.2) is 0 Å². The Morgan fingerprint density at radius 1 is 1.12 bits per heavy atom. The fraction of sp³-hybridized carbons (Fsp3) is 0.537. The lowest BCUT2D eigenvalue weighted by atomic mass is 9.84. The third-order valence-corrected chi connectivity index (χ3v) is 12.7. The molecule has 1 aliphatic carbocycles. The van der Waals surface area contributed by atoms with E-state index in [1.165, 1.54) is 16.3 Å². The van der Waals surface area contributed by atoms with E-state index in [0.29, 0.717) is 25.8 Å². The quantitative estimate of drug-likeness (QED) is 0.197. The zero-order chi connectivity index (χ0) is 37.8. The molecule has 3 aliphatic rings. The standard InChI is InChI=1S/C41H52N6O5S.5H2S/c1-9-46-32-15-14-25-18-27(32)28(36(46)26-12-10-16-42-35(26)24(3)51-8)20-40(4,5)22-52-39(50)29-13-11-17-47(45-29)38(49)30(19-33-43-31(25)21-53-33)44-37(48)34-23(2)41(34,6)7;;;;;/h10,12,14-16,18,21,23-24,29-30,34,45H,9,11,13,17,19-20,22H2,1-8H3,(H,44,48);5*1H2/t23-,24-,29-,30-,34+;;;;;/m0...../s1. The molecule has 0 radical (unpaired) electrons. The van der Waals surface area contributed by atoms with Gasteiger partial charge in [-0.2, -0.15) is 67.5 Å². The first-order valence-corrected chi connectivity index (χ1v) is 19.7. The summed E-state index contributed by atoms with van der Waals surface area (Å²) >= 11 is 1.49. The number of hydrogen-bond donors (Lipinski definition) is 2. The Bertz CT molecular complexity index is 2070. The summed E-state index contributed by atoms with van der Waals surface area (Å²) in [5.41, 5.74) is 9.55. The average molecular weight is 911 g/mol. The molecule has 7 rings (SSSR count). The predicted molar refractivity (Wildman–Crippen MR) is 258 cm³/mol. The highest BCUT2D eigenvalue weighted by Gasteiger charge is 2.59. The van der Waals surface area contributed by atoms with Crippen molar-refractivity contribution in [3.8, 4) is 22.5 Å². The van der Waals surface area contributed by atoms with Crippen molar-refractivity contribution in [3.63, 3.8) is 0 Å². The van der Waals surface area contributed by atoms with Crippen LogP contribution in [0.15, 0.2) is 41.9 Å². The number of carbonyl (C=O) groups is 3. The molecule has 5 atom stereocenters. The highest BCUT2D eigenvalue weighted by Crippen LogP contribution is 2.57. The molecule has 11 nitrogen and oxygen atoms in total. The maximum atomic E-state index is 14.2. The van der Waals surface area contributed by atoms with Gasteiger partial charge in [0.2, 0.25) is 5.91 Å². The molecular weight excluding hydrogens is 849 g/mol. The summed E-state index contributed by atoms with van der Waals surface area (Å²) in [6.07, 6.45) is 3.62. The lowest BCUT2D eigenvalue weighted by Crippen LogP contribution is -2.60. The van der Waals surface area contributed by atoms with E-state index in [2.05, 4.69) is 81.1 Å². The van der Waals surface area contributed by atoms with Crippen LogP contribution < -0.4 is 10.7 Å². The second kappa shape index (κ2) is 20.5. The van der Waals surface area contributed by atoms with Crippen LogP contribution in [0.4, 0.5) is 0 Å². The van der Waals surface area contributed by atoms with Gasteiger partial charge in [-0.05, 0) is 74.3 Å². The van der Waals surface area contributed by atoms with Gasteiger partial charge < -0.3 is 19.4 Å². The molecule has 3 aromatic heterocycles. The van der Waals surface area contributed by atoms with Crippen LogP contribution in [-0.4, -0.2) is 69.7 Å². The van der Waals surface area contributed by atoms with Crippen LogP contribution in [0.3, 0.4) is 0 Å². The highest BCUT2D eigenvalue weighted by molar-refractivity contribution is 7.60. The summed E-state index contributed by atoms with van der Waals surface area (Å²) in [7, 11) is 1.70. The van der Waals surface area contributed by atoms with Crippen LogP contribution in [0.5, 0.6) is 0 Å². The molecule has 1 saturated carbocycles. The number of carbonyl (C=O) groups excluding carboxylic acids is 3.